The Balaban J connectivity index is 1.65. The molecular weight excluding hydrogens is 440 g/mol. The van der Waals surface area contributed by atoms with E-state index >= 15 is 0 Å². The Morgan fingerprint density at radius 3 is 2.24 bits per heavy atom. The third-order valence-electron chi connectivity index (χ3n) is 4.78. The molecule has 1 amide bonds. The lowest BCUT2D eigenvalue weighted by Gasteiger charge is -2.11. The summed E-state index contributed by atoms with van der Waals surface area (Å²) >= 11 is 0. The Hall–Kier alpha value is -3.50. The van der Waals surface area contributed by atoms with E-state index in [4.69, 9.17) is 0 Å². The van der Waals surface area contributed by atoms with Crippen molar-refractivity contribution >= 4 is 38.8 Å². The normalized spacial score (nSPS) is 11.3. The van der Waals surface area contributed by atoms with Crippen molar-refractivity contribution in [3.05, 3.63) is 66.5 Å². The van der Waals surface area contributed by atoms with Gasteiger partial charge in [0.05, 0.1) is 10.6 Å². The number of aromatic nitrogens is 2. The Morgan fingerprint density at radius 1 is 0.939 bits per heavy atom. The van der Waals surface area contributed by atoms with Gasteiger partial charge in [-0.2, -0.15) is 0 Å². The van der Waals surface area contributed by atoms with Crippen molar-refractivity contribution < 1.29 is 13.2 Å². The smallest absolute Gasteiger partial charge is 0.251 e. The number of carbonyl (C=O) groups excluding carboxylic acids is 1. The summed E-state index contributed by atoms with van der Waals surface area (Å²) in [6.07, 6.45) is 1.41. The molecule has 2 aromatic carbocycles. The number of sulfone groups is 1. The molecule has 1 heterocycles. The van der Waals surface area contributed by atoms with Crippen LogP contribution in [0.3, 0.4) is 0 Å². The monoisotopic (exact) mass is 468 g/mol. The fourth-order valence-corrected chi connectivity index (χ4v) is 3.85. The van der Waals surface area contributed by atoms with Crippen LogP contribution in [0.2, 0.25) is 0 Å². The second-order valence-electron chi connectivity index (χ2n) is 7.61. The van der Waals surface area contributed by atoms with Crippen molar-refractivity contribution in [1.29, 1.82) is 0 Å². The lowest BCUT2D eigenvalue weighted by molar-refractivity contribution is 0.0951. The second kappa shape index (κ2) is 10.9. The van der Waals surface area contributed by atoms with Crippen LogP contribution in [-0.4, -0.2) is 62.1 Å². The van der Waals surface area contributed by atoms with E-state index in [9.17, 15) is 13.2 Å². The molecule has 1 aromatic heterocycles. The van der Waals surface area contributed by atoms with Crippen LogP contribution in [-0.2, 0) is 9.84 Å². The van der Waals surface area contributed by atoms with Crippen LogP contribution in [0.25, 0.3) is 0 Å². The molecule has 0 aliphatic heterocycles. The van der Waals surface area contributed by atoms with Crippen LogP contribution < -0.4 is 16.0 Å². The molecule has 0 fully saturated rings. The first kappa shape index (κ1) is 24.1. The van der Waals surface area contributed by atoms with E-state index in [-0.39, 0.29) is 16.6 Å². The van der Waals surface area contributed by atoms with Crippen molar-refractivity contribution in [2.24, 2.45) is 0 Å². The third-order valence-corrected chi connectivity index (χ3v) is 6.51. The van der Waals surface area contributed by atoms with Gasteiger partial charge in [0.2, 0.25) is 0 Å². The van der Waals surface area contributed by atoms with Gasteiger partial charge in [-0.1, -0.05) is 13.0 Å². The summed E-state index contributed by atoms with van der Waals surface area (Å²) in [6, 6.07) is 15.4. The second-order valence-corrected chi connectivity index (χ2v) is 9.88. The molecule has 0 spiro atoms. The van der Waals surface area contributed by atoms with Gasteiger partial charge in [0.25, 0.3) is 5.91 Å². The van der Waals surface area contributed by atoms with E-state index < -0.39 is 9.84 Å². The maximum atomic E-state index is 12.2. The summed E-state index contributed by atoms with van der Waals surface area (Å²) in [5, 5.41) is 9.16. The lowest BCUT2D eigenvalue weighted by Crippen LogP contribution is -2.31. The first-order chi connectivity index (χ1) is 15.8. The summed E-state index contributed by atoms with van der Waals surface area (Å²) in [4.78, 5) is 22.9. The van der Waals surface area contributed by atoms with E-state index in [1.54, 1.807) is 61.5 Å². The minimum absolute atomic E-state index is 0.0363. The number of nitrogens with zero attached hydrogens (tertiary/aromatic N) is 3. The number of benzene rings is 2. The van der Waals surface area contributed by atoms with E-state index in [2.05, 4.69) is 25.9 Å². The molecule has 10 heteroatoms. The number of likely N-dealkylation sites (N-methyl/N-ethyl adjacent to an activating group) is 1. The summed E-state index contributed by atoms with van der Waals surface area (Å²) in [7, 11) is 0.610. The Kier molecular flexibility index (Phi) is 7.96. The van der Waals surface area contributed by atoms with Crippen molar-refractivity contribution in [3.63, 3.8) is 0 Å². The fraction of sp³-hybridized carbons (Fsp3) is 0.261. The Morgan fingerprint density at radius 2 is 1.61 bits per heavy atom. The van der Waals surface area contributed by atoms with E-state index in [0.29, 0.717) is 29.4 Å². The predicted octanol–water partition coefficient (Wildman–Crippen LogP) is 3.05. The Labute approximate surface area is 194 Å². The van der Waals surface area contributed by atoms with E-state index in [0.717, 1.165) is 12.2 Å². The van der Waals surface area contributed by atoms with Crippen LogP contribution >= 0.6 is 0 Å². The van der Waals surface area contributed by atoms with Crippen molar-refractivity contribution in [3.8, 4) is 0 Å². The predicted molar refractivity (Wildman–Crippen MR) is 130 cm³/mol. The van der Waals surface area contributed by atoms with Gasteiger partial charge in [0, 0.05) is 36.1 Å². The van der Waals surface area contributed by atoms with Crippen LogP contribution in [0.15, 0.2) is 65.8 Å². The SMILES string of the molecule is CCS(=O)(=O)c1cccc(Nc2cc(Nc3ccc(C(=O)NCCN(C)C)cc3)ncn2)c1. The van der Waals surface area contributed by atoms with Gasteiger partial charge in [-0.3, -0.25) is 4.79 Å². The highest BCUT2D eigenvalue weighted by Gasteiger charge is 2.12. The first-order valence-corrected chi connectivity index (χ1v) is 12.1. The molecule has 3 rings (SSSR count). The zero-order chi connectivity index (χ0) is 23.8. The fourth-order valence-electron chi connectivity index (χ4n) is 2.92. The number of nitrogens with one attached hydrogen (secondary N) is 3. The molecule has 33 heavy (non-hydrogen) atoms. The van der Waals surface area contributed by atoms with Gasteiger partial charge in [-0.15, -0.1) is 0 Å². The van der Waals surface area contributed by atoms with Crippen molar-refractivity contribution in [2.45, 2.75) is 11.8 Å². The van der Waals surface area contributed by atoms with Crippen LogP contribution in [0.4, 0.5) is 23.0 Å². The number of anilines is 4. The van der Waals surface area contributed by atoms with Crippen LogP contribution in [0.1, 0.15) is 17.3 Å². The quantitative estimate of drug-likeness (QED) is 0.416. The van der Waals surface area contributed by atoms with Crippen LogP contribution in [0, 0.1) is 0 Å². The number of hydrogen-bond donors (Lipinski definition) is 3. The van der Waals surface area contributed by atoms with Crippen LogP contribution in [0.5, 0.6) is 0 Å². The third kappa shape index (κ3) is 6.99. The molecule has 0 atom stereocenters. The molecule has 174 valence electrons. The number of amides is 1. The summed E-state index contributed by atoms with van der Waals surface area (Å²) in [5.74, 6) is 0.974. The summed E-state index contributed by atoms with van der Waals surface area (Å²) in [5.41, 5.74) is 1.95. The van der Waals surface area contributed by atoms with Gasteiger partial charge in [-0.25, -0.2) is 18.4 Å². The van der Waals surface area contributed by atoms with E-state index in [1.165, 1.54) is 6.33 Å². The number of rotatable bonds is 10. The van der Waals surface area contributed by atoms with Gasteiger partial charge in [-0.05, 0) is 56.6 Å². The first-order valence-electron chi connectivity index (χ1n) is 10.5. The standard InChI is InChI=1S/C23H28N6O3S/c1-4-33(31,32)20-7-5-6-19(14-20)28-22-15-21(25-16-26-22)27-18-10-8-17(9-11-18)23(30)24-12-13-29(2)3/h5-11,14-16H,4,12-13H2,1-3H3,(H,24,30)(H2,25,26,27,28). The molecule has 0 radical (unpaired) electrons. The largest absolute Gasteiger partial charge is 0.351 e. The minimum atomic E-state index is -3.30. The topological polar surface area (TPSA) is 116 Å². The molecule has 9 nitrogen and oxygen atoms in total. The molecule has 0 aliphatic rings. The lowest BCUT2D eigenvalue weighted by atomic mass is 10.2. The Bertz CT molecular complexity index is 1200. The van der Waals surface area contributed by atoms with Gasteiger partial charge in [0.1, 0.15) is 18.0 Å². The summed E-state index contributed by atoms with van der Waals surface area (Å²) < 4.78 is 24.2. The molecule has 0 saturated carbocycles. The highest BCUT2D eigenvalue weighted by molar-refractivity contribution is 7.91. The average Bonchev–Trinajstić information content (AvgIpc) is 2.79. The van der Waals surface area contributed by atoms with Gasteiger partial charge in [0.15, 0.2) is 9.84 Å². The molecule has 3 N–H and O–H groups in total. The molecule has 3 aromatic rings. The highest BCUT2D eigenvalue weighted by Crippen LogP contribution is 2.22. The van der Waals surface area contributed by atoms with E-state index in [1.807, 2.05) is 19.0 Å². The van der Waals surface area contributed by atoms with Crippen molar-refractivity contribution in [2.75, 3.05) is 43.6 Å². The zero-order valence-corrected chi connectivity index (χ0v) is 19.7. The maximum absolute atomic E-state index is 12.2. The molecule has 0 bridgehead atoms. The highest BCUT2D eigenvalue weighted by atomic mass is 32.2. The molecule has 0 saturated heterocycles. The average molecular weight is 469 g/mol. The van der Waals surface area contributed by atoms with Gasteiger partial charge < -0.3 is 20.9 Å². The molecular formula is C23H28N6O3S. The maximum Gasteiger partial charge on any atom is 0.251 e. The van der Waals surface area contributed by atoms with Gasteiger partial charge >= 0.3 is 0 Å². The zero-order valence-electron chi connectivity index (χ0n) is 18.9. The summed E-state index contributed by atoms with van der Waals surface area (Å²) in [6.45, 7) is 2.96. The molecule has 0 aliphatic carbocycles. The number of hydrogen-bond acceptors (Lipinski definition) is 8. The molecule has 0 unspecified atom stereocenters. The van der Waals surface area contributed by atoms with Crippen molar-refractivity contribution in [1.82, 2.24) is 20.2 Å². The number of carbonyl (C=O) groups is 1. The minimum Gasteiger partial charge on any atom is -0.351 e.